The highest BCUT2D eigenvalue weighted by molar-refractivity contribution is 9.10. The highest BCUT2D eigenvalue weighted by Gasteiger charge is 2.49. The van der Waals surface area contributed by atoms with Crippen molar-refractivity contribution in [2.45, 2.75) is 29.4 Å². The van der Waals surface area contributed by atoms with Crippen molar-refractivity contribution in [1.82, 2.24) is 0 Å². The predicted octanol–water partition coefficient (Wildman–Crippen LogP) is 3.79. The first-order valence-electron chi connectivity index (χ1n) is 5.20. The minimum Gasteiger partial charge on any atom is -0.480 e. The third-order valence-corrected chi connectivity index (χ3v) is 5.32. The molecule has 1 aromatic rings. The van der Waals surface area contributed by atoms with E-state index < -0.39 is 10.7 Å². The topological polar surface area (TPSA) is 37.3 Å². The van der Waals surface area contributed by atoms with E-state index in [-0.39, 0.29) is 0 Å². The second-order valence-electron chi connectivity index (χ2n) is 4.35. The van der Waals surface area contributed by atoms with Gasteiger partial charge >= 0.3 is 5.97 Å². The molecule has 1 saturated carbocycles. The maximum Gasteiger partial charge on any atom is 0.320 e. The van der Waals surface area contributed by atoms with Gasteiger partial charge in [0.25, 0.3) is 0 Å². The molecule has 0 spiro atoms. The molecule has 0 amide bonds. The Bertz CT molecular complexity index is 413. The smallest absolute Gasteiger partial charge is 0.320 e. The minimum absolute atomic E-state index is 0.520. The lowest BCUT2D eigenvalue weighted by Gasteiger charge is -2.42. The largest absolute Gasteiger partial charge is 0.480 e. The van der Waals surface area contributed by atoms with Gasteiger partial charge in [0.15, 0.2) is 0 Å². The molecule has 0 saturated heterocycles. The summed E-state index contributed by atoms with van der Waals surface area (Å²) in [5, 5.41) is 9.32. The third-order valence-electron chi connectivity index (χ3n) is 2.89. The number of hydrogen-bond donors (Lipinski definition) is 1. The van der Waals surface area contributed by atoms with E-state index in [1.807, 2.05) is 24.3 Å². The number of carboxylic acids is 1. The van der Waals surface area contributed by atoms with Crippen LogP contribution in [0.2, 0.25) is 0 Å². The fraction of sp³-hybridized carbons (Fsp3) is 0.417. The number of aliphatic carboxylic acids is 1. The molecule has 1 N–H and O–H groups in total. The Morgan fingerprint density at radius 3 is 2.62 bits per heavy atom. The fourth-order valence-corrected chi connectivity index (χ4v) is 4.19. The maximum atomic E-state index is 11.3. The number of benzene rings is 1. The lowest BCUT2D eigenvalue weighted by molar-refractivity contribution is -0.143. The third kappa shape index (κ3) is 2.13. The van der Waals surface area contributed by atoms with Crippen LogP contribution in [0.5, 0.6) is 0 Å². The Kier molecular flexibility index (Phi) is 3.31. The molecule has 86 valence electrons. The van der Waals surface area contributed by atoms with Crippen LogP contribution in [0.1, 0.15) is 19.8 Å². The van der Waals surface area contributed by atoms with Crippen LogP contribution >= 0.6 is 27.7 Å². The van der Waals surface area contributed by atoms with Gasteiger partial charge < -0.3 is 5.11 Å². The van der Waals surface area contributed by atoms with E-state index in [2.05, 4.69) is 22.9 Å². The van der Waals surface area contributed by atoms with Gasteiger partial charge in [0, 0.05) is 9.37 Å². The molecule has 0 unspecified atom stereocenters. The summed E-state index contributed by atoms with van der Waals surface area (Å²) in [6.07, 6.45) is 1.52. The first kappa shape index (κ1) is 12.0. The van der Waals surface area contributed by atoms with Crippen LogP contribution in [0, 0.1) is 5.92 Å². The molecule has 1 aromatic carbocycles. The molecular formula is C12H13BrO2S. The Labute approximate surface area is 108 Å². The molecule has 1 aliphatic carbocycles. The number of rotatable bonds is 3. The van der Waals surface area contributed by atoms with Crippen molar-refractivity contribution in [3.63, 3.8) is 0 Å². The molecule has 1 aliphatic rings. The molecule has 0 aromatic heterocycles. The van der Waals surface area contributed by atoms with Crippen molar-refractivity contribution in [1.29, 1.82) is 0 Å². The first-order chi connectivity index (χ1) is 7.53. The van der Waals surface area contributed by atoms with Crippen LogP contribution in [0.15, 0.2) is 33.6 Å². The summed E-state index contributed by atoms with van der Waals surface area (Å²) in [4.78, 5) is 12.3. The summed E-state index contributed by atoms with van der Waals surface area (Å²) in [6.45, 7) is 2.10. The van der Waals surface area contributed by atoms with Gasteiger partial charge in [-0.25, -0.2) is 0 Å². The van der Waals surface area contributed by atoms with Crippen molar-refractivity contribution < 1.29 is 9.90 Å². The van der Waals surface area contributed by atoms with Crippen LogP contribution < -0.4 is 0 Å². The van der Waals surface area contributed by atoms with Gasteiger partial charge in [0.2, 0.25) is 0 Å². The average Bonchev–Trinajstić information content (AvgIpc) is 2.18. The quantitative estimate of drug-likeness (QED) is 0.923. The molecule has 0 aliphatic heterocycles. The van der Waals surface area contributed by atoms with Crippen LogP contribution in [-0.4, -0.2) is 15.8 Å². The standard InChI is InChI=1S/C12H13BrO2S/c1-8-6-12(7-8,11(14)15)16-10-5-3-2-4-9(10)13/h2-5,8H,6-7H2,1H3,(H,14,15). The van der Waals surface area contributed by atoms with E-state index in [1.54, 1.807) is 0 Å². The SMILES string of the molecule is CC1CC(Sc2ccccc2Br)(C(=O)O)C1. The highest BCUT2D eigenvalue weighted by atomic mass is 79.9. The number of thioether (sulfide) groups is 1. The molecule has 0 heterocycles. The van der Waals surface area contributed by atoms with Crippen LogP contribution in [0.4, 0.5) is 0 Å². The molecule has 2 nitrogen and oxygen atoms in total. The molecule has 16 heavy (non-hydrogen) atoms. The lowest BCUT2D eigenvalue weighted by Crippen LogP contribution is -2.46. The summed E-state index contributed by atoms with van der Waals surface area (Å²) in [7, 11) is 0. The molecule has 0 bridgehead atoms. The summed E-state index contributed by atoms with van der Waals surface area (Å²) in [6, 6.07) is 7.78. The van der Waals surface area contributed by atoms with Crippen molar-refractivity contribution in [3.8, 4) is 0 Å². The average molecular weight is 301 g/mol. The zero-order valence-electron chi connectivity index (χ0n) is 8.94. The summed E-state index contributed by atoms with van der Waals surface area (Å²) < 4.78 is 0.365. The maximum absolute atomic E-state index is 11.3. The molecule has 1 fully saturated rings. The second kappa shape index (κ2) is 4.41. The molecule has 2 rings (SSSR count). The zero-order valence-corrected chi connectivity index (χ0v) is 11.3. The highest BCUT2D eigenvalue weighted by Crippen LogP contribution is 2.52. The molecule has 0 atom stereocenters. The van der Waals surface area contributed by atoms with Gasteiger partial charge in [-0.1, -0.05) is 19.1 Å². The zero-order chi connectivity index (χ0) is 11.8. The van der Waals surface area contributed by atoms with E-state index in [0.29, 0.717) is 5.92 Å². The van der Waals surface area contributed by atoms with Crippen molar-refractivity contribution >= 4 is 33.7 Å². The van der Waals surface area contributed by atoms with Gasteiger partial charge in [-0.05, 0) is 46.8 Å². The summed E-state index contributed by atoms with van der Waals surface area (Å²) in [5.74, 6) is -0.169. The Morgan fingerprint density at radius 1 is 1.50 bits per heavy atom. The minimum atomic E-state index is -0.689. The lowest BCUT2D eigenvalue weighted by atomic mass is 9.75. The van der Waals surface area contributed by atoms with E-state index in [0.717, 1.165) is 22.2 Å². The normalized spacial score (nSPS) is 28.5. The van der Waals surface area contributed by atoms with Crippen LogP contribution in [0.3, 0.4) is 0 Å². The number of carboxylic acid groups (broad SMARTS) is 1. The van der Waals surface area contributed by atoms with E-state index in [9.17, 15) is 9.90 Å². The Balaban J connectivity index is 2.20. The molecule has 4 heteroatoms. The fourth-order valence-electron chi connectivity index (χ4n) is 2.11. The number of hydrogen-bond acceptors (Lipinski definition) is 2. The second-order valence-corrected chi connectivity index (χ2v) is 6.63. The van der Waals surface area contributed by atoms with Gasteiger partial charge in [0.05, 0.1) is 0 Å². The van der Waals surface area contributed by atoms with Gasteiger partial charge in [-0.3, -0.25) is 4.79 Å². The van der Waals surface area contributed by atoms with E-state index in [1.165, 1.54) is 11.8 Å². The van der Waals surface area contributed by atoms with E-state index >= 15 is 0 Å². The Morgan fingerprint density at radius 2 is 2.12 bits per heavy atom. The molecular weight excluding hydrogens is 288 g/mol. The van der Waals surface area contributed by atoms with Crippen LogP contribution in [-0.2, 0) is 4.79 Å². The van der Waals surface area contributed by atoms with E-state index in [4.69, 9.17) is 0 Å². The monoisotopic (exact) mass is 300 g/mol. The van der Waals surface area contributed by atoms with Gasteiger partial charge in [0.1, 0.15) is 4.75 Å². The molecule has 0 radical (unpaired) electrons. The van der Waals surface area contributed by atoms with Crippen molar-refractivity contribution in [3.05, 3.63) is 28.7 Å². The Hall–Kier alpha value is -0.480. The summed E-state index contributed by atoms with van der Waals surface area (Å²) >= 11 is 4.92. The summed E-state index contributed by atoms with van der Waals surface area (Å²) in [5.41, 5.74) is 0. The van der Waals surface area contributed by atoms with Crippen molar-refractivity contribution in [2.75, 3.05) is 0 Å². The predicted molar refractivity (Wildman–Crippen MR) is 68.8 cm³/mol. The number of carbonyl (C=O) groups is 1. The number of halogens is 1. The van der Waals surface area contributed by atoms with Crippen molar-refractivity contribution in [2.24, 2.45) is 5.92 Å². The van der Waals surface area contributed by atoms with Gasteiger partial charge in [-0.15, -0.1) is 11.8 Å². The van der Waals surface area contributed by atoms with Gasteiger partial charge in [-0.2, -0.15) is 0 Å². The van der Waals surface area contributed by atoms with Crippen LogP contribution in [0.25, 0.3) is 0 Å². The first-order valence-corrected chi connectivity index (χ1v) is 6.81.